The van der Waals surface area contributed by atoms with E-state index < -0.39 is 5.91 Å². The Bertz CT molecular complexity index is 1690. The monoisotopic (exact) mass is 628 g/mol. The summed E-state index contributed by atoms with van der Waals surface area (Å²) in [6.07, 6.45) is 5.25. The highest BCUT2D eigenvalue weighted by Gasteiger charge is 2.28. The van der Waals surface area contributed by atoms with Crippen molar-refractivity contribution in [3.63, 3.8) is 0 Å². The first kappa shape index (κ1) is 30.3. The Hall–Kier alpha value is -4.33. The quantitative estimate of drug-likeness (QED) is 0.228. The molecule has 2 aromatic heterocycles. The van der Waals surface area contributed by atoms with E-state index in [1.165, 1.54) is 6.07 Å². The number of imidazole rings is 1. The van der Waals surface area contributed by atoms with Gasteiger partial charge in [-0.05, 0) is 57.0 Å². The minimum absolute atomic E-state index is 0.0458. The molecule has 1 amide bonds. The van der Waals surface area contributed by atoms with Crippen molar-refractivity contribution in [1.82, 2.24) is 29.7 Å². The Balaban J connectivity index is 1.14. The number of halogens is 1. The van der Waals surface area contributed by atoms with Crippen molar-refractivity contribution < 1.29 is 13.9 Å². The number of piperidine rings is 1. The van der Waals surface area contributed by atoms with Gasteiger partial charge in [0, 0.05) is 75.8 Å². The summed E-state index contributed by atoms with van der Waals surface area (Å²) in [4.78, 5) is 37.0. The van der Waals surface area contributed by atoms with E-state index >= 15 is 4.39 Å². The Morgan fingerprint density at radius 2 is 1.78 bits per heavy atom. The topological polar surface area (TPSA) is 141 Å². The van der Waals surface area contributed by atoms with Gasteiger partial charge in [-0.15, -0.1) is 0 Å². The smallest absolute Gasteiger partial charge is 0.271 e. The fourth-order valence-corrected chi connectivity index (χ4v) is 6.81. The van der Waals surface area contributed by atoms with Crippen molar-refractivity contribution in [2.45, 2.75) is 37.8 Å². The third kappa shape index (κ3) is 6.35. The Morgan fingerprint density at radius 1 is 1.00 bits per heavy atom. The maximum absolute atomic E-state index is 15.6. The Labute approximate surface area is 267 Å². The van der Waals surface area contributed by atoms with E-state index in [-0.39, 0.29) is 23.4 Å². The average Bonchev–Trinajstić information content (AvgIpc) is 3.56. The number of H-pyrrole nitrogens is 1. The Morgan fingerprint density at radius 3 is 2.52 bits per heavy atom. The molecule has 0 unspecified atom stereocenters. The van der Waals surface area contributed by atoms with Gasteiger partial charge in [0.15, 0.2) is 17.3 Å². The van der Waals surface area contributed by atoms with Gasteiger partial charge in [0.25, 0.3) is 5.91 Å². The number of para-hydroxylation sites is 1. The molecule has 4 aromatic rings. The van der Waals surface area contributed by atoms with E-state index in [1.54, 1.807) is 18.5 Å². The van der Waals surface area contributed by atoms with Crippen molar-refractivity contribution >= 4 is 40.0 Å². The van der Waals surface area contributed by atoms with E-state index in [9.17, 15) is 4.79 Å². The lowest BCUT2D eigenvalue weighted by Gasteiger charge is -2.42. The Kier molecular flexibility index (Phi) is 8.69. The highest BCUT2D eigenvalue weighted by molar-refractivity contribution is 5.99. The molecule has 3 fully saturated rings. The maximum Gasteiger partial charge on any atom is 0.271 e. The second-order valence-electron chi connectivity index (χ2n) is 12.5. The number of likely N-dealkylation sites (N-methyl/N-ethyl adjacent to an activating group) is 1. The molecule has 7 rings (SSSR count). The number of ether oxygens (including phenoxy) is 1. The molecule has 3 saturated heterocycles. The van der Waals surface area contributed by atoms with Crippen LogP contribution < -0.4 is 21.3 Å². The van der Waals surface area contributed by atoms with Crippen LogP contribution in [0.25, 0.3) is 22.3 Å². The van der Waals surface area contributed by atoms with Crippen LogP contribution in [-0.2, 0) is 4.74 Å². The molecule has 0 radical (unpaired) electrons. The molecule has 242 valence electrons. The van der Waals surface area contributed by atoms with Crippen LogP contribution in [-0.4, -0.2) is 107 Å². The number of aromatic nitrogens is 4. The van der Waals surface area contributed by atoms with Crippen LogP contribution in [0.2, 0.25) is 0 Å². The van der Waals surface area contributed by atoms with Crippen LogP contribution >= 0.6 is 0 Å². The average molecular weight is 629 g/mol. The van der Waals surface area contributed by atoms with Crippen LogP contribution in [0.1, 0.15) is 36.2 Å². The molecule has 12 nitrogen and oxygen atoms in total. The van der Waals surface area contributed by atoms with E-state index in [1.807, 2.05) is 18.2 Å². The molecule has 0 saturated carbocycles. The molecule has 5 N–H and O–H groups in total. The highest BCUT2D eigenvalue weighted by Crippen LogP contribution is 2.34. The van der Waals surface area contributed by atoms with Crippen molar-refractivity contribution in [2.75, 3.05) is 75.1 Å². The van der Waals surface area contributed by atoms with E-state index in [2.05, 4.69) is 42.3 Å². The number of carbonyl (C=O) groups is 1. The molecule has 0 bridgehead atoms. The molecule has 2 aromatic carbocycles. The first-order chi connectivity index (χ1) is 22.4. The van der Waals surface area contributed by atoms with Gasteiger partial charge in [-0.25, -0.2) is 19.3 Å². The van der Waals surface area contributed by atoms with Crippen LogP contribution in [0.15, 0.2) is 42.7 Å². The number of hydrogen-bond donors (Lipinski definition) is 4. The number of piperazine rings is 1. The minimum Gasteiger partial charge on any atom is -0.381 e. The zero-order chi connectivity index (χ0) is 31.6. The predicted octanol–water partition coefficient (Wildman–Crippen LogP) is 3.81. The van der Waals surface area contributed by atoms with E-state index in [0.717, 1.165) is 70.5 Å². The number of fused-ring (bicyclic) bond motifs is 1. The van der Waals surface area contributed by atoms with Crippen LogP contribution in [0.5, 0.6) is 0 Å². The second-order valence-corrected chi connectivity index (χ2v) is 12.5. The maximum atomic E-state index is 15.6. The van der Waals surface area contributed by atoms with Gasteiger partial charge in [0.2, 0.25) is 0 Å². The third-order valence-electron chi connectivity index (χ3n) is 9.47. The third-order valence-corrected chi connectivity index (χ3v) is 9.47. The first-order valence-corrected chi connectivity index (χ1v) is 16.2. The lowest BCUT2D eigenvalue weighted by molar-refractivity contribution is 0.0904. The highest BCUT2D eigenvalue weighted by atomic mass is 19.1. The summed E-state index contributed by atoms with van der Waals surface area (Å²) < 4.78 is 21.2. The fourth-order valence-electron chi connectivity index (χ4n) is 6.81. The number of rotatable bonds is 8. The van der Waals surface area contributed by atoms with Crippen molar-refractivity contribution in [3.8, 4) is 11.3 Å². The second kappa shape index (κ2) is 13.2. The lowest BCUT2D eigenvalue weighted by Crippen LogP contribution is -2.52. The molecule has 5 heterocycles. The molecule has 46 heavy (non-hydrogen) atoms. The van der Waals surface area contributed by atoms with E-state index in [0.29, 0.717) is 53.2 Å². The van der Waals surface area contributed by atoms with Gasteiger partial charge in [0.1, 0.15) is 11.5 Å². The number of aromatic amines is 1. The van der Waals surface area contributed by atoms with Gasteiger partial charge in [0.05, 0.1) is 23.0 Å². The number of nitrogens with two attached hydrogens (primary N) is 1. The molecular formula is C33H41FN10O2. The number of anilines is 4. The van der Waals surface area contributed by atoms with Gasteiger partial charge >= 0.3 is 0 Å². The largest absolute Gasteiger partial charge is 0.381 e. The molecule has 0 aliphatic carbocycles. The number of nitrogens with one attached hydrogen (secondary N) is 3. The number of benzene rings is 2. The predicted molar refractivity (Wildman–Crippen MR) is 177 cm³/mol. The molecule has 0 spiro atoms. The normalized spacial score (nSPS) is 19.0. The van der Waals surface area contributed by atoms with Crippen LogP contribution in [0.3, 0.4) is 0 Å². The molecule has 13 heteroatoms. The zero-order valence-electron chi connectivity index (χ0n) is 26.1. The molecule has 3 aliphatic rings. The number of carbonyl (C=O) groups excluding carboxylic acids is 1. The molecule has 0 atom stereocenters. The summed E-state index contributed by atoms with van der Waals surface area (Å²) >= 11 is 0. The van der Waals surface area contributed by atoms with Gasteiger partial charge in [-0.3, -0.25) is 9.69 Å². The number of nitrogens with zero attached hydrogens (tertiary/aromatic N) is 6. The first-order valence-electron chi connectivity index (χ1n) is 16.2. The summed E-state index contributed by atoms with van der Waals surface area (Å²) in [7, 11) is 2.17. The standard InChI is InChI=1S/C33H41FN10O2/c1-42-13-15-43(16-14-42)23-7-11-44(12-8-23)27-6-5-22(19-25(27)34)39-33-30(31(35)45)40-29(24-3-2-4-26-28(24)37-20-36-26)32(41-33)38-21-9-17-46-18-10-21/h2-6,19-21,23H,7-18H2,1H3,(H2,35,45)(H,36,37)(H2,38,39,41). The minimum atomic E-state index is -0.747. The zero-order valence-corrected chi connectivity index (χ0v) is 26.1. The molecular weight excluding hydrogens is 587 g/mol. The van der Waals surface area contributed by atoms with Gasteiger partial charge in [-0.1, -0.05) is 12.1 Å². The molecule has 3 aliphatic heterocycles. The summed E-state index contributed by atoms with van der Waals surface area (Å²) in [5.41, 5.74) is 9.53. The van der Waals surface area contributed by atoms with Gasteiger partial charge in [-0.2, -0.15) is 0 Å². The van der Waals surface area contributed by atoms with Crippen molar-refractivity contribution in [3.05, 3.63) is 54.2 Å². The van der Waals surface area contributed by atoms with E-state index in [4.69, 9.17) is 20.4 Å². The van der Waals surface area contributed by atoms with Crippen molar-refractivity contribution in [1.29, 1.82) is 0 Å². The number of amides is 1. The fraction of sp³-hybridized carbons (Fsp3) is 0.455. The SMILES string of the molecule is CN1CCN(C2CCN(c3ccc(Nc4nc(NC5CCOCC5)c(-c5cccc6[nH]cnc56)nc4C(N)=O)cc3F)CC2)CC1. The lowest BCUT2D eigenvalue weighted by atomic mass is 10.0. The van der Waals surface area contributed by atoms with Crippen LogP contribution in [0, 0.1) is 5.82 Å². The number of primary amides is 1. The summed E-state index contributed by atoms with van der Waals surface area (Å²) in [5.74, 6) is -0.447. The van der Waals surface area contributed by atoms with Gasteiger partial charge < -0.3 is 35.9 Å². The summed E-state index contributed by atoms with van der Waals surface area (Å²) in [5, 5.41) is 6.66. The van der Waals surface area contributed by atoms with Crippen LogP contribution in [0.4, 0.5) is 27.4 Å². The number of hydrogen-bond acceptors (Lipinski definition) is 10. The summed E-state index contributed by atoms with van der Waals surface area (Å²) in [6.45, 7) is 7.28. The summed E-state index contributed by atoms with van der Waals surface area (Å²) in [6, 6.07) is 11.4. The van der Waals surface area contributed by atoms with Crippen molar-refractivity contribution in [2.24, 2.45) is 5.73 Å².